The van der Waals surface area contributed by atoms with Crippen molar-refractivity contribution in [1.82, 2.24) is 20.7 Å². The fourth-order valence-electron chi connectivity index (χ4n) is 2.37. The minimum absolute atomic E-state index is 0. The predicted molar refractivity (Wildman–Crippen MR) is 93.4 cm³/mol. The lowest BCUT2D eigenvalue weighted by atomic mass is 9.91. The molecule has 0 spiro atoms. The number of sulfonamides is 1. The van der Waals surface area contributed by atoms with Gasteiger partial charge in [0, 0.05) is 18.7 Å². The van der Waals surface area contributed by atoms with Crippen LogP contribution < -0.4 is 25.4 Å². The Bertz CT molecular complexity index is 770. The molecule has 140 valence electrons. The minimum atomic E-state index is -3.76. The number of ether oxygens (including phenoxy) is 1. The molecule has 1 aromatic carbocycles. The van der Waals surface area contributed by atoms with Crippen molar-refractivity contribution in [2.75, 3.05) is 27.2 Å². The molecule has 1 fully saturated rings. The lowest BCUT2D eigenvalue weighted by molar-refractivity contribution is -0.123. The first kappa shape index (κ1) is 21.2. The molecule has 1 aliphatic rings. The highest BCUT2D eigenvalue weighted by Gasteiger charge is 2.45. The van der Waals surface area contributed by atoms with Crippen LogP contribution in [0.1, 0.15) is 12.5 Å². The lowest BCUT2D eigenvalue weighted by Crippen LogP contribution is -2.41. The van der Waals surface area contributed by atoms with Crippen molar-refractivity contribution in [3.63, 3.8) is 0 Å². The maximum atomic E-state index is 12.4. The van der Waals surface area contributed by atoms with Gasteiger partial charge in [0.25, 0.3) is 5.91 Å². The van der Waals surface area contributed by atoms with Gasteiger partial charge < -0.3 is 15.4 Å². The van der Waals surface area contributed by atoms with Crippen molar-refractivity contribution < 1.29 is 22.7 Å². The summed E-state index contributed by atoms with van der Waals surface area (Å²) in [6.45, 7) is 2.17. The van der Waals surface area contributed by atoms with Gasteiger partial charge in [-0.3, -0.25) is 10.1 Å². The minimum Gasteiger partial charge on any atom is -0.496 e. The summed E-state index contributed by atoms with van der Waals surface area (Å²) in [5.41, 5.74) is -1.16. The van der Waals surface area contributed by atoms with Gasteiger partial charge in [-0.2, -0.15) is 0 Å². The van der Waals surface area contributed by atoms with Crippen molar-refractivity contribution in [3.8, 4) is 5.75 Å². The smallest absolute Gasteiger partial charge is 0.322 e. The number of urea groups is 1. The molecule has 1 saturated heterocycles. The first-order valence-corrected chi connectivity index (χ1v) is 8.69. The van der Waals surface area contributed by atoms with Crippen molar-refractivity contribution in [3.05, 3.63) is 23.8 Å². The van der Waals surface area contributed by atoms with Crippen molar-refractivity contribution >= 4 is 34.4 Å². The third-order valence-electron chi connectivity index (χ3n) is 3.73. The van der Waals surface area contributed by atoms with E-state index in [1.165, 1.54) is 32.2 Å². The van der Waals surface area contributed by atoms with Gasteiger partial charge in [-0.1, -0.05) is 0 Å². The average Bonchev–Trinajstić information content (AvgIpc) is 2.80. The van der Waals surface area contributed by atoms with E-state index in [9.17, 15) is 18.0 Å². The summed E-state index contributed by atoms with van der Waals surface area (Å²) in [7, 11) is -0.648. The number of imide groups is 1. The number of halogens is 1. The highest BCUT2D eigenvalue weighted by molar-refractivity contribution is 7.89. The molecule has 0 aromatic heterocycles. The van der Waals surface area contributed by atoms with E-state index in [0.29, 0.717) is 12.3 Å². The highest BCUT2D eigenvalue weighted by atomic mass is 35.5. The Morgan fingerprint density at radius 1 is 1.24 bits per heavy atom. The molecule has 0 aliphatic carbocycles. The first-order chi connectivity index (χ1) is 11.2. The summed E-state index contributed by atoms with van der Waals surface area (Å²) < 4.78 is 32.4. The Kier molecular flexibility index (Phi) is 6.77. The molecule has 25 heavy (non-hydrogen) atoms. The Labute approximate surface area is 152 Å². The van der Waals surface area contributed by atoms with Crippen LogP contribution in [0, 0.1) is 0 Å². The Hall–Kier alpha value is -1.88. The fraction of sp³-hybridized carbons (Fsp3) is 0.429. The lowest BCUT2D eigenvalue weighted by Gasteiger charge is -2.24. The van der Waals surface area contributed by atoms with Crippen LogP contribution in [0.25, 0.3) is 0 Å². The van der Waals surface area contributed by atoms with E-state index in [0.717, 1.165) is 0 Å². The van der Waals surface area contributed by atoms with Gasteiger partial charge in [-0.25, -0.2) is 17.9 Å². The maximum Gasteiger partial charge on any atom is 0.322 e. The predicted octanol–water partition coefficient (Wildman–Crippen LogP) is -0.331. The van der Waals surface area contributed by atoms with Gasteiger partial charge in [0.1, 0.15) is 11.3 Å². The van der Waals surface area contributed by atoms with Crippen LogP contribution in [0.15, 0.2) is 23.1 Å². The number of hydrogen-bond acceptors (Lipinski definition) is 6. The highest BCUT2D eigenvalue weighted by Crippen LogP contribution is 2.34. The molecular weight excluding hydrogens is 372 g/mol. The van der Waals surface area contributed by atoms with Crippen molar-refractivity contribution in [2.24, 2.45) is 0 Å². The van der Waals surface area contributed by atoms with E-state index in [1.54, 1.807) is 7.05 Å². The molecule has 2 rings (SSSR count). The molecule has 9 nitrogen and oxygen atoms in total. The van der Waals surface area contributed by atoms with Crippen LogP contribution in [0.2, 0.25) is 0 Å². The van der Waals surface area contributed by atoms with Crippen LogP contribution in [0.3, 0.4) is 0 Å². The summed E-state index contributed by atoms with van der Waals surface area (Å²) >= 11 is 0. The largest absolute Gasteiger partial charge is 0.496 e. The number of benzene rings is 1. The maximum absolute atomic E-state index is 12.4. The number of rotatable bonds is 7. The van der Waals surface area contributed by atoms with Crippen LogP contribution in [0.4, 0.5) is 4.79 Å². The van der Waals surface area contributed by atoms with Crippen molar-refractivity contribution in [1.29, 1.82) is 0 Å². The van der Waals surface area contributed by atoms with Gasteiger partial charge >= 0.3 is 6.03 Å². The van der Waals surface area contributed by atoms with Gasteiger partial charge in [0.05, 0.1) is 12.0 Å². The van der Waals surface area contributed by atoms with Crippen LogP contribution in [0.5, 0.6) is 5.75 Å². The van der Waals surface area contributed by atoms with Crippen LogP contribution in [-0.2, 0) is 20.4 Å². The van der Waals surface area contributed by atoms with Crippen LogP contribution in [-0.4, -0.2) is 47.6 Å². The standard InChI is InChI=1S/C14H20N4O5S.ClH/c1-14(12(19)17-13(20)18-14)10-8-9(4-5-11(10)23-3)24(21,22)16-7-6-15-2;/h4-5,8,15-16H,6-7H2,1-3H3,(H2,17,18,19,20);1H. The zero-order valence-electron chi connectivity index (χ0n) is 14.0. The zero-order valence-corrected chi connectivity index (χ0v) is 15.6. The Balaban J connectivity index is 0.00000312. The van der Waals surface area contributed by atoms with Crippen LogP contribution >= 0.6 is 12.4 Å². The second kappa shape index (κ2) is 8.00. The van der Waals surface area contributed by atoms with E-state index in [4.69, 9.17) is 4.74 Å². The SMILES string of the molecule is CNCCNS(=O)(=O)c1ccc(OC)c(C2(C)NC(=O)NC2=O)c1.Cl. The molecular formula is C14H21ClN4O5S. The summed E-state index contributed by atoms with van der Waals surface area (Å²) in [4.78, 5) is 23.6. The van der Waals surface area contributed by atoms with Gasteiger partial charge in [-0.05, 0) is 32.2 Å². The Morgan fingerprint density at radius 2 is 1.92 bits per heavy atom. The normalized spacial score (nSPS) is 19.8. The summed E-state index contributed by atoms with van der Waals surface area (Å²) in [6, 6.07) is 3.50. The Morgan fingerprint density at radius 3 is 2.44 bits per heavy atom. The molecule has 0 saturated carbocycles. The number of methoxy groups -OCH3 is 1. The molecule has 11 heteroatoms. The third-order valence-corrected chi connectivity index (χ3v) is 5.19. The first-order valence-electron chi connectivity index (χ1n) is 7.21. The van der Waals surface area contributed by atoms with E-state index < -0.39 is 27.5 Å². The summed E-state index contributed by atoms with van der Waals surface area (Å²) in [5.74, 6) is -0.285. The second-order valence-electron chi connectivity index (χ2n) is 5.40. The quantitative estimate of drug-likeness (QED) is 0.372. The van der Waals surface area contributed by atoms with E-state index in [-0.39, 0.29) is 29.4 Å². The summed E-state index contributed by atoms with van der Waals surface area (Å²) in [6.07, 6.45) is 0. The molecule has 4 N–H and O–H groups in total. The molecule has 1 aliphatic heterocycles. The number of likely N-dealkylation sites (N-methyl/N-ethyl adjacent to an activating group) is 1. The number of hydrogen-bond donors (Lipinski definition) is 4. The topological polar surface area (TPSA) is 126 Å². The van der Waals surface area contributed by atoms with E-state index in [1.807, 2.05) is 0 Å². The van der Waals surface area contributed by atoms with Crippen molar-refractivity contribution in [2.45, 2.75) is 17.4 Å². The van der Waals surface area contributed by atoms with E-state index in [2.05, 4.69) is 20.7 Å². The summed E-state index contributed by atoms with van der Waals surface area (Å²) in [5, 5.41) is 7.47. The van der Waals surface area contributed by atoms with Gasteiger partial charge in [0.15, 0.2) is 0 Å². The number of nitrogens with one attached hydrogen (secondary N) is 4. The molecule has 1 aromatic rings. The number of carbonyl (C=O) groups is 2. The number of amides is 3. The molecule has 1 unspecified atom stereocenters. The third kappa shape index (κ3) is 4.21. The van der Waals surface area contributed by atoms with E-state index >= 15 is 0 Å². The average molecular weight is 393 g/mol. The monoisotopic (exact) mass is 392 g/mol. The molecule has 3 amide bonds. The van der Waals surface area contributed by atoms with Gasteiger partial charge in [0.2, 0.25) is 10.0 Å². The molecule has 0 radical (unpaired) electrons. The molecule has 0 bridgehead atoms. The molecule has 1 heterocycles. The van der Waals surface area contributed by atoms with Gasteiger partial charge in [-0.15, -0.1) is 12.4 Å². The fourth-order valence-corrected chi connectivity index (χ4v) is 3.43. The number of carbonyl (C=O) groups excluding carboxylic acids is 2. The second-order valence-corrected chi connectivity index (χ2v) is 7.16. The molecule has 1 atom stereocenters. The zero-order chi connectivity index (χ0) is 18.0.